The Balaban J connectivity index is 0.000000132. The molecule has 32 nitrogen and oxygen atoms in total. The summed E-state index contributed by atoms with van der Waals surface area (Å²) in [6.07, 6.45) is 23.9. The number of nitrogens with one attached hydrogen (secondary N) is 1. The Labute approximate surface area is 758 Å². The molecule has 662 valence electrons. The van der Waals surface area contributed by atoms with Gasteiger partial charge >= 0.3 is 0 Å². The normalized spacial score (nSPS) is 22.0. The molecule has 7 atom stereocenters. The van der Waals surface area contributed by atoms with Crippen molar-refractivity contribution >= 4 is 140 Å². The number of sulfonamides is 2. The Bertz CT molecular complexity index is 5770. The van der Waals surface area contributed by atoms with Crippen LogP contribution in [0.25, 0.3) is 22.3 Å². The van der Waals surface area contributed by atoms with E-state index in [1.807, 2.05) is 19.6 Å². The van der Waals surface area contributed by atoms with Crippen LogP contribution in [-0.2, 0) is 34.3 Å². The summed E-state index contributed by atoms with van der Waals surface area (Å²) in [5.74, 6) is 1.30. The molecular formula is C82H91BrCl7N17O15S2. The highest BCUT2D eigenvalue weighted by Gasteiger charge is 2.36. The van der Waals surface area contributed by atoms with Crippen LogP contribution >= 0.6 is 97.1 Å². The number of H-pyrrole nitrogens is 1. The van der Waals surface area contributed by atoms with Crippen LogP contribution in [0, 0.1) is 0 Å². The van der Waals surface area contributed by atoms with Gasteiger partial charge in [-0.05, 0) is 141 Å². The minimum atomic E-state index is -3.50. The van der Waals surface area contributed by atoms with E-state index in [-0.39, 0.29) is 89.7 Å². The van der Waals surface area contributed by atoms with E-state index in [0.717, 1.165) is 105 Å². The van der Waals surface area contributed by atoms with Gasteiger partial charge in [-0.25, -0.2) is 36.9 Å². The zero-order chi connectivity index (χ0) is 86.9. The van der Waals surface area contributed by atoms with Crippen LogP contribution in [0.5, 0.6) is 17.6 Å². The molecule has 7 aromatic heterocycles. The van der Waals surface area contributed by atoms with Crippen molar-refractivity contribution in [2.45, 2.75) is 162 Å². The fourth-order valence-corrected chi connectivity index (χ4v) is 21.0. The van der Waals surface area contributed by atoms with Gasteiger partial charge in [0, 0.05) is 132 Å². The highest BCUT2D eigenvalue weighted by Crippen LogP contribution is 2.39. The van der Waals surface area contributed by atoms with E-state index >= 15 is 0 Å². The molecule has 18 rings (SSSR count). The van der Waals surface area contributed by atoms with Crippen molar-refractivity contribution in [2.24, 2.45) is 0 Å². The lowest BCUT2D eigenvalue weighted by molar-refractivity contribution is -0.0425. The second kappa shape index (κ2) is 41.1. The van der Waals surface area contributed by atoms with Crippen LogP contribution in [0.4, 0.5) is 22.7 Å². The lowest BCUT2D eigenvalue weighted by Gasteiger charge is -2.25. The van der Waals surface area contributed by atoms with E-state index < -0.39 is 25.6 Å². The van der Waals surface area contributed by atoms with Gasteiger partial charge in [-0.1, -0.05) is 105 Å². The quantitative estimate of drug-likeness (QED) is 0.0759. The largest absolute Gasteiger partial charge is 0.472 e. The predicted octanol–water partition coefficient (Wildman–Crippen LogP) is 13.6. The summed E-state index contributed by atoms with van der Waals surface area (Å²) in [5, 5.41) is 30.5. The third-order valence-corrected chi connectivity index (χ3v) is 29.9. The van der Waals surface area contributed by atoms with E-state index in [4.69, 9.17) is 110 Å². The molecule has 42 heteroatoms. The van der Waals surface area contributed by atoms with E-state index in [0.29, 0.717) is 184 Å². The number of rotatable bonds is 19. The standard InChI is InChI=1S/C28H31Cl2N5O5S.C23H23Cl2N5O4S.C18H19BrCl2N4O3.C13H18ClN3O3/c29-23-16-31-25(15-22(23)19-6-8-21(9-7-19)41(37,38)34-11-2-3-12-34)40-20-10-13-33(18-20)24-17-32-35(28(36)27(24)30)26-5-1-4-14-39-26;24-19-12-26-21(34-16-7-10-29(14-16)20-13-27-28-23(31)22(20)25)11-18(19)15-3-5-17(6-4-15)35(32,33)30-8-1-2-9-30;19-12-7-15(22-8-13(12)20)28-11-4-5-24(10-11)14-9-23-25(18(26)17(14)21)16-3-1-2-6-27-16;14-12-10(16-5-4-9(18)8-16)7-15-17(13(12)19)11-3-1-2-6-20-11/h6-9,15-17,20,26H,1-5,10-14,18H2;3-6,11-13,16H,1-2,7-10,14H2,(H,28,31);7-9,11,16H,1-6,10H2;7,9,11,18H,1-6,8H2/t20-,26?;16-;11-,16?;9-,11?/m1111/s1. The first-order valence-electron chi connectivity index (χ1n) is 41.2. The van der Waals surface area contributed by atoms with Gasteiger partial charge in [0.15, 0.2) is 18.7 Å². The van der Waals surface area contributed by atoms with Crippen LogP contribution in [0.1, 0.15) is 128 Å². The summed E-state index contributed by atoms with van der Waals surface area (Å²) in [6, 6.07) is 18.7. The Kier molecular flexibility index (Phi) is 30.1. The predicted molar refractivity (Wildman–Crippen MR) is 476 cm³/mol. The number of hydrogen-bond acceptors (Lipinski definition) is 26. The molecule has 0 spiro atoms. The summed E-state index contributed by atoms with van der Waals surface area (Å²) in [4.78, 5) is 70.9. The summed E-state index contributed by atoms with van der Waals surface area (Å²) < 4.78 is 94.3. The van der Waals surface area contributed by atoms with E-state index in [1.165, 1.54) is 41.2 Å². The zero-order valence-corrected chi connectivity index (χ0v) is 75.7. The van der Waals surface area contributed by atoms with Gasteiger partial charge in [0.25, 0.3) is 22.2 Å². The van der Waals surface area contributed by atoms with Crippen LogP contribution in [0.2, 0.25) is 35.2 Å². The van der Waals surface area contributed by atoms with Crippen LogP contribution in [-0.4, -0.2) is 208 Å². The second-order valence-corrected chi connectivity index (χ2v) is 38.6. The number of β-amino-alcohol motifs (C(OH)–C–C–N with tert-alkyl or cyclic N) is 1. The summed E-state index contributed by atoms with van der Waals surface area (Å²) >= 11 is 47.4. The molecule has 0 radical (unpaired) electrons. The Morgan fingerprint density at radius 2 is 0.750 bits per heavy atom. The number of benzene rings is 2. The van der Waals surface area contributed by atoms with E-state index in [9.17, 15) is 41.1 Å². The van der Waals surface area contributed by atoms with Crippen molar-refractivity contribution in [3.05, 3.63) is 191 Å². The molecule has 2 aromatic carbocycles. The van der Waals surface area contributed by atoms with E-state index in [1.54, 1.807) is 91.5 Å². The maximum Gasteiger partial charge on any atom is 0.290 e. The average molecular weight is 1950 g/mol. The molecule has 9 aliphatic rings. The first kappa shape index (κ1) is 90.9. The third kappa shape index (κ3) is 21.3. The van der Waals surface area contributed by atoms with Gasteiger partial charge in [-0.3, -0.25) is 19.2 Å². The Hall–Kier alpha value is -7.82. The molecule has 9 aliphatic heterocycles. The van der Waals surface area contributed by atoms with Gasteiger partial charge in [0.1, 0.15) is 38.4 Å². The molecule has 0 aliphatic carbocycles. The first-order valence-corrected chi connectivity index (χ1v) is 47.6. The lowest BCUT2D eigenvalue weighted by atomic mass is 10.1. The number of ether oxygens (including phenoxy) is 6. The van der Waals surface area contributed by atoms with Gasteiger partial charge in [-0.2, -0.15) is 43.1 Å². The van der Waals surface area contributed by atoms with Crippen LogP contribution in [0.15, 0.2) is 144 Å². The molecular weight excluding hydrogens is 1860 g/mol. The number of anilines is 4. The molecule has 3 unspecified atom stereocenters. The number of hydrogen-bond donors (Lipinski definition) is 2. The number of aliphatic hydroxyl groups is 1. The molecule has 0 saturated carbocycles. The number of pyridine rings is 3. The SMILES string of the molecule is O=c1[nH]ncc(N2CC[C@@H](Oc3cc(-c4ccc(S(=O)(=O)N5CCCC5)cc4)c(Cl)cn3)C2)c1Cl.O=c1c(Cl)c(N2CC[C@@H](O)C2)cnn1C1CCCCO1.O=c1c(Cl)c(N2CC[C@@H](Oc3cc(-c4ccc(S(=O)(=O)N5CCCC5)cc4)c(Cl)cn3)C2)cnn1C1CCCCO1.O=c1c(Cl)c(N2CC[C@@H](Oc3cc(Br)c(Cl)cn3)C2)cnn1C1CCCCO1. The van der Waals surface area contributed by atoms with Crippen molar-refractivity contribution in [1.29, 1.82) is 0 Å². The topological polar surface area (TPSA) is 352 Å². The lowest BCUT2D eigenvalue weighted by Crippen LogP contribution is -2.33. The average Bonchev–Trinajstić information content (AvgIpc) is 1.74. The molecule has 124 heavy (non-hydrogen) atoms. The second-order valence-electron chi connectivity index (χ2n) is 31.2. The molecule has 9 fully saturated rings. The Morgan fingerprint density at radius 3 is 1.10 bits per heavy atom. The zero-order valence-electron chi connectivity index (χ0n) is 67.2. The van der Waals surface area contributed by atoms with E-state index in [2.05, 4.69) is 56.4 Å². The number of aromatic amines is 1. The number of aliphatic hydroxyl groups excluding tert-OH is 1. The van der Waals surface area contributed by atoms with Crippen LogP contribution < -0.4 is 56.0 Å². The fraction of sp³-hybridized carbons (Fsp3) is 0.476. The number of nitrogens with zero attached hydrogens (tertiary/aromatic N) is 16. The molecule has 0 amide bonds. The fourth-order valence-electron chi connectivity index (χ4n) is 16.2. The minimum Gasteiger partial charge on any atom is -0.472 e. The van der Waals surface area contributed by atoms with Crippen molar-refractivity contribution in [1.82, 2.24) is 63.1 Å². The molecule has 9 saturated heterocycles. The van der Waals surface area contributed by atoms with Crippen LogP contribution in [0.3, 0.4) is 0 Å². The third-order valence-electron chi connectivity index (χ3n) is 22.8. The van der Waals surface area contributed by atoms with Crippen molar-refractivity contribution in [2.75, 3.05) is 118 Å². The van der Waals surface area contributed by atoms with Crippen molar-refractivity contribution in [3.8, 4) is 39.9 Å². The van der Waals surface area contributed by atoms with Gasteiger partial charge in [-0.15, -0.1) is 0 Å². The van der Waals surface area contributed by atoms with Gasteiger partial charge in [0.2, 0.25) is 37.7 Å². The molecule has 9 aromatic rings. The monoisotopic (exact) mass is 1940 g/mol. The number of aromatic nitrogens is 11. The molecule has 2 N–H and O–H groups in total. The minimum absolute atomic E-state index is 0.0687. The highest BCUT2D eigenvalue weighted by atomic mass is 79.9. The maximum atomic E-state index is 12.9. The highest BCUT2D eigenvalue weighted by molar-refractivity contribution is 9.10. The summed E-state index contributed by atoms with van der Waals surface area (Å²) in [7, 11) is -6.98. The summed E-state index contributed by atoms with van der Waals surface area (Å²) in [6.45, 7) is 8.93. The van der Waals surface area contributed by atoms with Crippen molar-refractivity contribution in [3.63, 3.8) is 0 Å². The first-order chi connectivity index (χ1) is 59.8. The van der Waals surface area contributed by atoms with Gasteiger partial charge in [0.05, 0.1) is 117 Å². The molecule has 16 heterocycles. The maximum absolute atomic E-state index is 12.9. The van der Waals surface area contributed by atoms with Crippen molar-refractivity contribution < 1.29 is 50.4 Å². The summed E-state index contributed by atoms with van der Waals surface area (Å²) in [5.41, 5.74) is 3.83. The number of halogens is 8. The molecule has 0 bridgehead atoms. The van der Waals surface area contributed by atoms with Gasteiger partial charge < -0.3 is 53.1 Å². The Morgan fingerprint density at radius 1 is 0.403 bits per heavy atom. The smallest absolute Gasteiger partial charge is 0.290 e.